The second-order valence-electron chi connectivity index (χ2n) is 7.60. The maximum Gasteiger partial charge on any atom is 0.411 e. The Bertz CT molecular complexity index is 649. The lowest BCUT2D eigenvalue weighted by Crippen LogP contribution is -2.50. The van der Waals surface area contributed by atoms with Crippen LogP contribution in [0.1, 0.15) is 27.7 Å². The average Bonchev–Trinajstić information content (AvgIpc) is 2.64. The molecule has 1 aromatic rings. The number of rotatable bonds is 6. The molecule has 156 valence electrons. The largest absolute Gasteiger partial charge is 0.465 e. The van der Waals surface area contributed by atoms with Gasteiger partial charge in [0.2, 0.25) is 0 Å². The average molecular weight is 393 g/mol. The summed E-state index contributed by atoms with van der Waals surface area (Å²) >= 11 is 0. The zero-order valence-electron chi connectivity index (χ0n) is 17.2. The van der Waals surface area contributed by atoms with Crippen LogP contribution in [0.5, 0.6) is 0 Å². The number of nitrogens with zero attached hydrogens (tertiary/aromatic N) is 3. The van der Waals surface area contributed by atoms with Gasteiger partial charge in [0.1, 0.15) is 5.60 Å². The van der Waals surface area contributed by atoms with Gasteiger partial charge in [-0.15, -0.1) is 0 Å². The van der Waals surface area contributed by atoms with Crippen LogP contribution in [0.4, 0.5) is 21.0 Å². The van der Waals surface area contributed by atoms with E-state index < -0.39 is 11.7 Å². The molecule has 1 aliphatic rings. The normalized spacial score (nSPS) is 14.7. The van der Waals surface area contributed by atoms with Gasteiger partial charge in [-0.3, -0.25) is 4.90 Å². The summed E-state index contributed by atoms with van der Waals surface area (Å²) in [6.07, 6.45) is -1.28. The van der Waals surface area contributed by atoms with Gasteiger partial charge in [0.05, 0.1) is 13.2 Å². The summed E-state index contributed by atoms with van der Waals surface area (Å²) in [6, 6.07) is 7.43. The quantitative estimate of drug-likeness (QED) is 0.747. The van der Waals surface area contributed by atoms with Gasteiger partial charge in [-0.25, -0.2) is 9.59 Å². The molecule has 0 unspecified atom stereocenters. The minimum atomic E-state index is -1.00. The van der Waals surface area contributed by atoms with Gasteiger partial charge in [0, 0.05) is 44.2 Å². The highest BCUT2D eigenvalue weighted by Gasteiger charge is 2.26. The molecule has 1 saturated heterocycles. The Balaban J connectivity index is 1.93. The summed E-state index contributed by atoms with van der Waals surface area (Å²) in [5.41, 5.74) is 1.12. The van der Waals surface area contributed by atoms with E-state index >= 15 is 0 Å². The molecule has 1 aliphatic heterocycles. The molecule has 0 atom stereocenters. The van der Waals surface area contributed by atoms with E-state index in [1.165, 1.54) is 4.90 Å². The molecule has 0 radical (unpaired) electrons. The van der Waals surface area contributed by atoms with Crippen LogP contribution < -0.4 is 9.80 Å². The van der Waals surface area contributed by atoms with Gasteiger partial charge in [0.25, 0.3) is 0 Å². The third-order valence-corrected chi connectivity index (χ3v) is 4.35. The first-order valence-corrected chi connectivity index (χ1v) is 9.62. The van der Waals surface area contributed by atoms with Crippen molar-refractivity contribution in [3.05, 3.63) is 24.3 Å². The molecule has 0 aromatic heterocycles. The van der Waals surface area contributed by atoms with E-state index in [-0.39, 0.29) is 12.6 Å². The van der Waals surface area contributed by atoms with Crippen molar-refractivity contribution in [3.8, 4) is 0 Å². The molecule has 0 bridgehead atoms. The molecule has 1 heterocycles. The van der Waals surface area contributed by atoms with Crippen LogP contribution in [0.25, 0.3) is 0 Å². The van der Waals surface area contributed by atoms with Crippen LogP contribution in [0.15, 0.2) is 24.3 Å². The zero-order valence-corrected chi connectivity index (χ0v) is 17.2. The van der Waals surface area contributed by atoms with Crippen molar-refractivity contribution < 1.29 is 24.2 Å². The fourth-order valence-electron chi connectivity index (χ4n) is 2.95. The van der Waals surface area contributed by atoms with Crippen molar-refractivity contribution in [2.75, 3.05) is 55.7 Å². The van der Waals surface area contributed by atoms with E-state index in [0.29, 0.717) is 45.1 Å². The van der Waals surface area contributed by atoms with E-state index in [2.05, 4.69) is 4.90 Å². The molecule has 2 rings (SSSR count). The number of amides is 2. The lowest BCUT2D eigenvalue weighted by atomic mass is 10.2. The van der Waals surface area contributed by atoms with Crippen molar-refractivity contribution in [1.29, 1.82) is 0 Å². The number of carboxylic acid groups (broad SMARTS) is 1. The molecule has 1 fully saturated rings. The Morgan fingerprint density at radius 3 is 2.21 bits per heavy atom. The summed E-state index contributed by atoms with van der Waals surface area (Å²) in [5, 5.41) is 9.42. The van der Waals surface area contributed by atoms with Crippen LogP contribution >= 0.6 is 0 Å². The number of carbonyl (C=O) groups is 2. The highest BCUT2D eigenvalue weighted by atomic mass is 16.6. The molecule has 8 heteroatoms. The maximum atomic E-state index is 12.2. The molecular weight excluding hydrogens is 362 g/mol. The Kier molecular flexibility index (Phi) is 7.51. The molecular formula is C20H31N3O5. The molecule has 28 heavy (non-hydrogen) atoms. The molecule has 0 spiro atoms. The highest BCUT2D eigenvalue weighted by Crippen LogP contribution is 2.22. The summed E-state index contributed by atoms with van der Waals surface area (Å²) in [7, 11) is 0. The fraction of sp³-hybridized carbons (Fsp3) is 0.600. The first kappa shape index (κ1) is 21.8. The van der Waals surface area contributed by atoms with E-state index in [4.69, 9.17) is 9.47 Å². The minimum absolute atomic E-state index is 0.283. The van der Waals surface area contributed by atoms with Gasteiger partial charge in [-0.05, 0) is 52.0 Å². The maximum absolute atomic E-state index is 12.2. The second-order valence-corrected chi connectivity index (χ2v) is 7.60. The SMILES string of the molecule is CCOCCN(C(=O)O)c1ccc(N2CCN(C(=O)OC(C)(C)C)CC2)cc1. The number of carbonyl (C=O) groups excluding carboxylic acids is 1. The zero-order chi connectivity index (χ0) is 20.7. The minimum Gasteiger partial charge on any atom is -0.465 e. The Labute approximate surface area is 166 Å². The summed E-state index contributed by atoms with van der Waals surface area (Å²) < 4.78 is 10.7. The van der Waals surface area contributed by atoms with Gasteiger partial charge < -0.3 is 24.4 Å². The lowest BCUT2D eigenvalue weighted by Gasteiger charge is -2.36. The standard InChI is InChI=1S/C20H31N3O5/c1-5-27-15-14-23(18(24)25)17-8-6-16(7-9-17)21-10-12-22(13-11-21)19(26)28-20(2,3)4/h6-9H,5,10-15H2,1-4H3,(H,24,25). The molecule has 1 aromatic carbocycles. The van der Waals surface area contributed by atoms with Crippen LogP contribution in [0.2, 0.25) is 0 Å². The van der Waals surface area contributed by atoms with Crippen molar-refractivity contribution in [2.24, 2.45) is 0 Å². The predicted octanol–water partition coefficient (Wildman–Crippen LogP) is 3.26. The molecule has 0 aliphatic carbocycles. The first-order valence-electron chi connectivity index (χ1n) is 9.62. The number of piperazine rings is 1. The molecule has 2 amide bonds. The second kappa shape index (κ2) is 9.64. The first-order chi connectivity index (χ1) is 13.2. The van der Waals surface area contributed by atoms with E-state index in [9.17, 15) is 14.7 Å². The summed E-state index contributed by atoms with van der Waals surface area (Å²) in [4.78, 5) is 28.8. The molecule has 0 saturated carbocycles. The predicted molar refractivity (Wildman–Crippen MR) is 108 cm³/mol. The van der Waals surface area contributed by atoms with Gasteiger partial charge >= 0.3 is 12.2 Å². The smallest absolute Gasteiger partial charge is 0.411 e. The number of ether oxygens (including phenoxy) is 2. The summed E-state index contributed by atoms with van der Waals surface area (Å²) in [6.45, 7) is 11.2. The fourth-order valence-corrected chi connectivity index (χ4v) is 2.95. The van der Waals surface area contributed by atoms with Gasteiger partial charge in [-0.2, -0.15) is 0 Å². The third-order valence-electron chi connectivity index (χ3n) is 4.35. The Morgan fingerprint density at radius 2 is 1.71 bits per heavy atom. The topological polar surface area (TPSA) is 82.5 Å². The number of benzene rings is 1. The Hall–Kier alpha value is -2.48. The van der Waals surface area contributed by atoms with Gasteiger partial charge in [0.15, 0.2) is 0 Å². The van der Waals surface area contributed by atoms with Crippen molar-refractivity contribution in [2.45, 2.75) is 33.3 Å². The number of hydrogen-bond acceptors (Lipinski definition) is 5. The lowest BCUT2D eigenvalue weighted by molar-refractivity contribution is 0.0240. The third kappa shape index (κ3) is 6.30. The summed E-state index contributed by atoms with van der Waals surface area (Å²) in [5.74, 6) is 0. The molecule has 8 nitrogen and oxygen atoms in total. The van der Waals surface area contributed by atoms with Crippen LogP contribution in [0.3, 0.4) is 0 Å². The van der Waals surface area contributed by atoms with Crippen LogP contribution in [-0.4, -0.2) is 73.7 Å². The van der Waals surface area contributed by atoms with Crippen molar-refractivity contribution in [1.82, 2.24) is 4.90 Å². The van der Waals surface area contributed by atoms with Crippen molar-refractivity contribution >= 4 is 23.6 Å². The monoisotopic (exact) mass is 393 g/mol. The highest BCUT2D eigenvalue weighted by molar-refractivity contribution is 5.86. The van der Waals surface area contributed by atoms with Crippen LogP contribution in [-0.2, 0) is 9.47 Å². The van der Waals surface area contributed by atoms with Crippen molar-refractivity contribution in [3.63, 3.8) is 0 Å². The van der Waals surface area contributed by atoms with E-state index in [1.807, 2.05) is 39.8 Å². The molecule has 1 N–H and O–H groups in total. The number of hydrogen-bond donors (Lipinski definition) is 1. The Morgan fingerprint density at radius 1 is 1.11 bits per heavy atom. The van der Waals surface area contributed by atoms with E-state index in [1.54, 1.807) is 17.0 Å². The van der Waals surface area contributed by atoms with Gasteiger partial charge in [-0.1, -0.05) is 0 Å². The van der Waals surface area contributed by atoms with E-state index in [0.717, 1.165) is 5.69 Å². The van der Waals surface area contributed by atoms with Crippen LogP contribution in [0, 0.1) is 0 Å². The number of anilines is 2.